The molecule has 15 heavy (non-hydrogen) atoms. The molecule has 1 fully saturated rings. The van der Waals surface area contributed by atoms with Crippen LogP contribution >= 0.6 is 0 Å². The fourth-order valence-electron chi connectivity index (χ4n) is 2.16. The van der Waals surface area contributed by atoms with Crippen LogP contribution in [0.25, 0.3) is 0 Å². The first-order chi connectivity index (χ1) is 7.09. The summed E-state index contributed by atoms with van der Waals surface area (Å²) in [6.45, 7) is 5.49. The van der Waals surface area contributed by atoms with Gasteiger partial charge in [0.05, 0.1) is 12.2 Å². The number of rotatable bonds is 1. The molecule has 1 saturated heterocycles. The summed E-state index contributed by atoms with van der Waals surface area (Å²) in [5.41, 5.74) is 2.23. The number of aryl methyl sites for hydroxylation is 1. The van der Waals surface area contributed by atoms with Crippen molar-refractivity contribution in [1.29, 1.82) is 0 Å². The lowest BCUT2D eigenvalue weighted by Gasteiger charge is -2.32. The van der Waals surface area contributed by atoms with E-state index < -0.39 is 6.17 Å². The highest BCUT2D eigenvalue weighted by Crippen LogP contribution is 2.26. The lowest BCUT2D eigenvalue weighted by molar-refractivity contribution is 0.0993. The van der Waals surface area contributed by atoms with Crippen molar-refractivity contribution in [2.24, 2.45) is 0 Å². The van der Waals surface area contributed by atoms with Crippen LogP contribution in [0.3, 0.4) is 0 Å². The SMILES string of the molecule is Cc1cnn(C2CCN(C)CC2F)c1C. The van der Waals surface area contributed by atoms with Gasteiger partial charge in [-0.05, 0) is 32.9 Å². The molecular weight excluding hydrogens is 193 g/mol. The Hall–Kier alpha value is -0.900. The van der Waals surface area contributed by atoms with E-state index in [2.05, 4.69) is 5.10 Å². The van der Waals surface area contributed by atoms with Crippen molar-refractivity contribution in [1.82, 2.24) is 14.7 Å². The Morgan fingerprint density at radius 2 is 2.20 bits per heavy atom. The average molecular weight is 211 g/mol. The Labute approximate surface area is 89.9 Å². The minimum absolute atomic E-state index is 0.0742. The van der Waals surface area contributed by atoms with Gasteiger partial charge in [-0.2, -0.15) is 5.10 Å². The van der Waals surface area contributed by atoms with Crippen molar-refractivity contribution in [3.05, 3.63) is 17.5 Å². The van der Waals surface area contributed by atoms with Crippen LogP contribution in [0.2, 0.25) is 0 Å². The molecule has 3 nitrogen and oxygen atoms in total. The predicted molar refractivity (Wildman–Crippen MR) is 57.7 cm³/mol. The summed E-state index contributed by atoms with van der Waals surface area (Å²) >= 11 is 0. The standard InChI is InChI=1S/C11H18FN3/c1-8-6-13-15(9(8)2)11-4-5-14(3)7-10(11)12/h6,10-11H,4-5,7H2,1-3H3. The average Bonchev–Trinajstić information content (AvgIpc) is 2.49. The van der Waals surface area contributed by atoms with Crippen LogP contribution in [0.1, 0.15) is 23.7 Å². The zero-order valence-electron chi connectivity index (χ0n) is 9.57. The molecule has 84 valence electrons. The summed E-state index contributed by atoms with van der Waals surface area (Å²) in [7, 11) is 1.96. The second kappa shape index (κ2) is 3.93. The Morgan fingerprint density at radius 3 is 2.73 bits per heavy atom. The maximum absolute atomic E-state index is 13.9. The Bertz CT molecular complexity index is 348. The highest BCUT2D eigenvalue weighted by Gasteiger charge is 2.30. The van der Waals surface area contributed by atoms with Gasteiger partial charge < -0.3 is 4.90 Å². The van der Waals surface area contributed by atoms with E-state index in [4.69, 9.17) is 0 Å². The number of alkyl halides is 1. The molecule has 1 aromatic rings. The fourth-order valence-corrected chi connectivity index (χ4v) is 2.16. The molecule has 2 heterocycles. The third kappa shape index (κ3) is 1.91. The number of hydrogen-bond acceptors (Lipinski definition) is 2. The molecule has 2 unspecified atom stereocenters. The molecule has 2 atom stereocenters. The van der Waals surface area contributed by atoms with Gasteiger partial charge in [-0.3, -0.25) is 4.68 Å². The van der Waals surface area contributed by atoms with E-state index in [1.807, 2.05) is 36.7 Å². The van der Waals surface area contributed by atoms with E-state index >= 15 is 0 Å². The van der Waals surface area contributed by atoms with Gasteiger partial charge in [-0.1, -0.05) is 0 Å². The molecule has 0 aliphatic carbocycles. The van der Waals surface area contributed by atoms with Gasteiger partial charge in [-0.15, -0.1) is 0 Å². The maximum Gasteiger partial charge on any atom is 0.135 e. The molecule has 0 aromatic carbocycles. The van der Waals surface area contributed by atoms with E-state index in [1.165, 1.54) is 0 Å². The second-order valence-corrected chi connectivity index (χ2v) is 4.49. The normalized spacial score (nSPS) is 28.3. The maximum atomic E-state index is 13.9. The van der Waals surface area contributed by atoms with Gasteiger partial charge in [0, 0.05) is 18.8 Å². The number of hydrogen-bond donors (Lipinski definition) is 0. The van der Waals surface area contributed by atoms with Gasteiger partial charge in [0.1, 0.15) is 6.17 Å². The molecule has 0 amide bonds. The molecular formula is C11H18FN3. The molecule has 0 saturated carbocycles. The first kappa shape index (κ1) is 10.6. The second-order valence-electron chi connectivity index (χ2n) is 4.49. The number of halogens is 1. The minimum Gasteiger partial charge on any atom is -0.303 e. The van der Waals surface area contributed by atoms with Crippen molar-refractivity contribution in [2.75, 3.05) is 20.1 Å². The van der Waals surface area contributed by atoms with Crippen molar-refractivity contribution >= 4 is 0 Å². The third-order valence-corrected chi connectivity index (χ3v) is 3.31. The van der Waals surface area contributed by atoms with Gasteiger partial charge in [0.2, 0.25) is 0 Å². The third-order valence-electron chi connectivity index (χ3n) is 3.31. The largest absolute Gasteiger partial charge is 0.303 e. The first-order valence-electron chi connectivity index (χ1n) is 5.43. The molecule has 1 aliphatic heterocycles. The quantitative estimate of drug-likeness (QED) is 0.705. The van der Waals surface area contributed by atoms with Gasteiger partial charge in [-0.25, -0.2) is 4.39 Å². The summed E-state index contributed by atoms with van der Waals surface area (Å²) in [6.07, 6.45) is 1.86. The van der Waals surface area contributed by atoms with Crippen LogP contribution in [-0.4, -0.2) is 41.0 Å². The number of aromatic nitrogens is 2. The number of nitrogens with zero attached hydrogens (tertiary/aromatic N) is 3. The summed E-state index contributed by atoms with van der Waals surface area (Å²) in [6, 6.07) is -0.0742. The summed E-state index contributed by atoms with van der Waals surface area (Å²) in [4.78, 5) is 2.03. The van der Waals surface area contributed by atoms with Crippen LogP contribution in [0.15, 0.2) is 6.20 Å². The Kier molecular flexibility index (Phi) is 2.78. The zero-order chi connectivity index (χ0) is 11.0. The first-order valence-corrected chi connectivity index (χ1v) is 5.43. The lowest BCUT2D eigenvalue weighted by atomic mass is 10.0. The van der Waals surface area contributed by atoms with E-state index in [1.54, 1.807) is 0 Å². The number of likely N-dealkylation sites (tertiary alicyclic amines) is 1. The molecule has 1 aromatic heterocycles. The Morgan fingerprint density at radius 1 is 1.47 bits per heavy atom. The zero-order valence-corrected chi connectivity index (χ0v) is 9.57. The molecule has 0 radical (unpaired) electrons. The van der Waals surface area contributed by atoms with E-state index in [9.17, 15) is 4.39 Å². The smallest absolute Gasteiger partial charge is 0.135 e. The Balaban J connectivity index is 2.20. The van der Waals surface area contributed by atoms with Crippen molar-refractivity contribution in [3.8, 4) is 0 Å². The summed E-state index contributed by atoms with van der Waals surface area (Å²) in [5, 5.41) is 4.27. The summed E-state index contributed by atoms with van der Waals surface area (Å²) < 4.78 is 15.7. The molecule has 1 aliphatic rings. The summed E-state index contributed by atoms with van der Waals surface area (Å²) in [5.74, 6) is 0. The van der Waals surface area contributed by atoms with E-state index in [0.29, 0.717) is 6.54 Å². The van der Waals surface area contributed by atoms with Gasteiger partial charge >= 0.3 is 0 Å². The molecule has 4 heteroatoms. The predicted octanol–water partition coefficient (Wildman–Crippen LogP) is 1.71. The number of piperidine rings is 1. The van der Waals surface area contributed by atoms with Crippen molar-refractivity contribution in [2.45, 2.75) is 32.5 Å². The minimum atomic E-state index is -0.804. The van der Waals surface area contributed by atoms with Crippen molar-refractivity contribution in [3.63, 3.8) is 0 Å². The lowest BCUT2D eigenvalue weighted by Crippen LogP contribution is -2.41. The van der Waals surface area contributed by atoms with E-state index in [0.717, 1.165) is 24.2 Å². The topological polar surface area (TPSA) is 21.1 Å². The van der Waals surface area contributed by atoms with Crippen molar-refractivity contribution < 1.29 is 4.39 Å². The van der Waals surface area contributed by atoms with Gasteiger partial charge in [0.15, 0.2) is 0 Å². The molecule has 0 bridgehead atoms. The molecule has 0 N–H and O–H groups in total. The highest BCUT2D eigenvalue weighted by atomic mass is 19.1. The fraction of sp³-hybridized carbons (Fsp3) is 0.727. The molecule has 2 rings (SSSR count). The van der Waals surface area contributed by atoms with E-state index in [-0.39, 0.29) is 6.04 Å². The van der Waals surface area contributed by atoms with Crippen LogP contribution < -0.4 is 0 Å². The molecule has 0 spiro atoms. The van der Waals surface area contributed by atoms with Crippen LogP contribution in [0.5, 0.6) is 0 Å². The monoisotopic (exact) mass is 211 g/mol. The highest BCUT2D eigenvalue weighted by molar-refractivity contribution is 5.14. The van der Waals surface area contributed by atoms with Crippen LogP contribution in [0, 0.1) is 13.8 Å². The van der Waals surface area contributed by atoms with Crippen LogP contribution in [0.4, 0.5) is 4.39 Å². The van der Waals surface area contributed by atoms with Crippen LogP contribution in [-0.2, 0) is 0 Å². The van der Waals surface area contributed by atoms with Gasteiger partial charge in [0.25, 0.3) is 0 Å².